The van der Waals surface area contributed by atoms with E-state index in [2.05, 4.69) is 5.32 Å². The number of ketones is 1. The molecule has 1 saturated heterocycles. The van der Waals surface area contributed by atoms with Crippen LogP contribution in [0.4, 0.5) is 5.69 Å². The summed E-state index contributed by atoms with van der Waals surface area (Å²) in [7, 11) is 0. The molecule has 1 fully saturated rings. The van der Waals surface area contributed by atoms with Crippen molar-refractivity contribution in [3.8, 4) is 0 Å². The first-order valence-electron chi connectivity index (χ1n) is 6.92. The van der Waals surface area contributed by atoms with E-state index in [1.807, 2.05) is 6.92 Å². The first-order valence-corrected chi connectivity index (χ1v) is 6.92. The molecule has 1 atom stereocenters. The fourth-order valence-electron chi connectivity index (χ4n) is 2.29. The van der Waals surface area contributed by atoms with Crippen molar-refractivity contribution in [3.63, 3.8) is 0 Å². The molecule has 5 heteroatoms. The number of rotatable bonds is 4. The van der Waals surface area contributed by atoms with Crippen molar-refractivity contribution in [2.75, 3.05) is 31.6 Å². The Kier molecular flexibility index (Phi) is 4.87. The van der Waals surface area contributed by atoms with Gasteiger partial charge in [0, 0.05) is 11.3 Å². The van der Waals surface area contributed by atoms with Crippen LogP contribution in [0, 0.1) is 0 Å². The molecule has 0 unspecified atom stereocenters. The second kappa shape index (κ2) is 6.63. The number of amides is 1. The summed E-state index contributed by atoms with van der Waals surface area (Å²) in [5.74, 6) is 0.0199. The summed E-state index contributed by atoms with van der Waals surface area (Å²) in [4.78, 5) is 24.6. The third-order valence-corrected chi connectivity index (χ3v) is 3.70. The van der Waals surface area contributed by atoms with Crippen LogP contribution in [-0.2, 0) is 9.53 Å². The van der Waals surface area contributed by atoms with E-state index in [1.54, 1.807) is 24.3 Å². The molecule has 1 aromatic carbocycles. The smallest absolute Gasteiger partial charge is 0.282 e. The van der Waals surface area contributed by atoms with Crippen LogP contribution in [-0.4, -0.2) is 44.0 Å². The minimum Gasteiger partial charge on any atom is -0.370 e. The zero-order valence-electron chi connectivity index (χ0n) is 11.9. The molecule has 20 heavy (non-hydrogen) atoms. The normalized spacial score (nSPS) is 17.5. The fourth-order valence-corrected chi connectivity index (χ4v) is 2.29. The molecule has 2 rings (SSSR count). The topological polar surface area (TPSA) is 59.8 Å². The highest BCUT2D eigenvalue weighted by atomic mass is 16.5. The van der Waals surface area contributed by atoms with Gasteiger partial charge in [-0.15, -0.1) is 0 Å². The molecule has 0 saturated carbocycles. The van der Waals surface area contributed by atoms with Crippen LogP contribution >= 0.6 is 0 Å². The van der Waals surface area contributed by atoms with E-state index in [9.17, 15) is 9.59 Å². The van der Waals surface area contributed by atoms with E-state index in [-0.39, 0.29) is 17.7 Å². The summed E-state index contributed by atoms with van der Waals surface area (Å²) < 4.78 is 5.30. The maximum Gasteiger partial charge on any atom is 0.282 e. The van der Waals surface area contributed by atoms with E-state index >= 15 is 0 Å². The number of morpholine rings is 1. The zero-order valence-corrected chi connectivity index (χ0v) is 11.9. The molecule has 108 valence electrons. The lowest BCUT2D eigenvalue weighted by molar-refractivity contribution is -0.921. The van der Waals surface area contributed by atoms with E-state index in [0.717, 1.165) is 18.8 Å². The molecule has 0 aromatic heterocycles. The number of Topliss-reactive ketones (excluding diaryl/α,β-unsaturated/α-hetero) is 1. The Morgan fingerprint density at radius 1 is 1.20 bits per heavy atom. The van der Waals surface area contributed by atoms with Gasteiger partial charge in [0.05, 0.1) is 13.2 Å². The summed E-state index contributed by atoms with van der Waals surface area (Å²) >= 11 is 0. The van der Waals surface area contributed by atoms with Crippen molar-refractivity contribution in [1.29, 1.82) is 0 Å². The Hall–Kier alpha value is -1.72. The van der Waals surface area contributed by atoms with Gasteiger partial charge < -0.3 is 15.0 Å². The molecule has 0 bridgehead atoms. The molecule has 2 N–H and O–H groups in total. The third kappa shape index (κ3) is 3.65. The molecule has 0 radical (unpaired) electrons. The molecule has 1 heterocycles. The van der Waals surface area contributed by atoms with E-state index in [1.165, 1.54) is 11.8 Å². The van der Waals surface area contributed by atoms with E-state index < -0.39 is 0 Å². The maximum absolute atomic E-state index is 12.2. The largest absolute Gasteiger partial charge is 0.370 e. The molecular formula is C15H21N2O3+. The number of benzene rings is 1. The molecule has 1 aromatic rings. The van der Waals surface area contributed by atoms with E-state index in [4.69, 9.17) is 4.74 Å². The summed E-state index contributed by atoms with van der Waals surface area (Å²) in [5, 5.41) is 2.89. The summed E-state index contributed by atoms with van der Waals surface area (Å²) in [6.07, 6.45) is 0. The second-order valence-electron chi connectivity index (χ2n) is 5.12. The maximum atomic E-state index is 12.2. The van der Waals surface area contributed by atoms with Crippen LogP contribution in [0.2, 0.25) is 0 Å². The van der Waals surface area contributed by atoms with Gasteiger partial charge in [-0.3, -0.25) is 9.59 Å². The van der Waals surface area contributed by atoms with Crippen molar-refractivity contribution in [2.45, 2.75) is 19.9 Å². The highest BCUT2D eigenvalue weighted by molar-refractivity contribution is 5.96. The standard InChI is InChI=1S/C15H20N2O3/c1-11(17-7-9-20-10-8-17)15(19)16-14-5-3-13(4-6-14)12(2)18/h3-6,11H,7-10H2,1-2H3,(H,16,19)/p+1/t11-/m1/s1. The SMILES string of the molecule is CC(=O)c1ccc(NC(=O)[C@@H](C)[NH+]2CCOCC2)cc1. The van der Waals surface area contributed by atoms with Gasteiger partial charge in [0.15, 0.2) is 11.8 Å². The number of carbonyl (C=O) groups excluding carboxylic acids is 2. The Labute approximate surface area is 118 Å². The van der Waals surface area contributed by atoms with Gasteiger partial charge in [-0.05, 0) is 38.1 Å². The van der Waals surface area contributed by atoms with Gasteiger partial charge >= 0.3 is 0 Å². The minimum atomic E-state index is -0.105. The monoisotopic (exact) mass is 277 g/mol. The predicted octanol–water partition coefficient (Wildman–Crippen LogP) is 0.131. The highest BCUT2D eigenvalue weighted by Crippen LogP contribution is 2.10. The zero-order chi connectivity index (χ0) is 14.5. The Morgan fingerprint density at radius 2 is 1.80 bits per heavy atom. The van der Waals surface area contributed by atoms with Crippen LogP contribution in [0.5, 0.6) is 0 Å². The van der Waals surface area contributed by atoms with Crippen molar-refractivity contribution in [3.05, 3.63) is 29.8 Å². The number of hydrogen-bond donors (Lipinski definition) is 2. The number of hydrogen-bond acceptors (Lipinski definition) is 3. The Bertz CT molecular complexity index is 478. The molecule has 0 spiro atoms. The number of carbonyl (C=O) groups is 2. The van der Waals surface area contributed by atoms with Crippen molar-refractivity contribution in [2.24, 2.45) is 0 Å². The van der Waals surface area contributed by atoms with Gasteiger partial charge in [0.2, 0.25) is 0 Å². The minimum absolute atomic E-state index is 0.00234. The lowest BCUT2D eigenvalue weighted by Gasteiger charge is -2.28. The van der Waals surface area contributed by atoms with Gasteiger partial charge in [0.1, 0.15) is 13.1 Å². The predicted molar refractivity (Wildman–Crippen MR) is 76.1 cm³/mol. The summed E-state index contributed by atoms with van der Waals surface area (Å²) in [5.41, 5.74) is 1.37. The number of nitrogens with one attached hydrogen (secondary N) is 2. The second-order valence-corrected chi connectivity index (χ2v) is 5.12. The fraction of sp³-hybridized carbons (Fsp3) is 0.467. The van der Waals surface area contributed by atoms with Crippen LogP contribution < -0.4 is 10.2 Å². The molecule has 5 nitrogen and oxygen atoms in total. The van der Waals surface area contributed by atoms with Crippen LogP contribution in [0.1, 0.15) is 24.2 Å². The van der Waals surface area contributed by atoms with E-state index in [0.29, 0.717) is 18.8 Å². The highest BCUT2D eigenvalue weighted by Gasteiger charge is 2.26. The van der Waals surface area contributed by atoms with Crippen molar-refractivity contribution >= 4 is 17.4 Å². The van der Waals surface area contributed by atoms with Gasteiger partial charge in [-0.25, -0.2) is 0 Å². The van der Waals surface area contributed by atoms with Crippen molar-refractivity contribution in [1.82, 2.24) is 0 Å². The molecule has 0 aliphatic carbocycles. The number of quaternary nitrogens is 1. The first kappa shape index (κ1) is 14.7. The summed E-state index contributed by atoms with van der Waals surface area (Å²) in [6.45, 7) is 6.59. The summed E-state index contributed by atoms with van der Waals surface area (Å²) in [6, 6.07) is 6.87. The Balaban J connectivity index is 1.94. The third-order valence-electron chi connectivity index (χ3n) is 3.70. The number of anilines is 1. The lowest BCUT2D eigenvalue weighted by Crippen LogP contribution is -3.18. The van der Waals surface area contributed by atoms with Crippen LogP contribution in [0.15, 0.2) is 24.3 Å². The molecule has 1 aliphatic rings. The lowest BCUT2D eigenvalue weighted by atomic mass is 10.1. The molecular weight excluding hydrogens is 256 g/mol. The van der Waals surface area contributed by atoms with Crippen molar-refractivity contribution < 1.29 is 19.2 Å². The van der Waals surface area contributed by atoms with Crippen LogP contribution in [0.3, 0.4) is 0 Å². The Morgan fingerprint density at radius 3 is 2.35 bits per heavy atom. The van der Waals surface area contributed by atoms with Gasteiger partial charge in [-0.1, -0.05) is 0 Å². The average Bonchev–Trinajstić information content (AvgIpc) is 2.48. The quantitative estimate of drug-likeness (QED) is 0.769. The van der Waals surface area contributed by atoms with Gasteiger partial charge in [0.25, 0.3) is 5.91 Å². The van der Waals surface area contributed by atoms with Crippen LogP contribution in [0.25, 0.3) is 0 Å². The first-order chi connectivity index (χ1) is 9.58. The molecule has 1 amide bonds. The van der Waals surface area contributed by atoms with Gasteiger partial charge in [-0.2, -0.15) is 0 Å². The number of ether oxygens (including phenoxy) is 1. The average molecular weight is 277 g/mol. The molecule has 1 aliphatic heterocycles.